The molecule has 3 N–H and O–H groups in total. The van der Waals surface area contributed by atoms with Gasteiger partial charge in [-0.3, -0.25) is 0 Å². The van der Waals surface area contributed by atoms with Gasteiger partial charge >= 0.3 is 6.09 Å². The zero-order chi connectivity index (χ0) is 3.58. The minimum Gasteiger partial charge on any atom is -0.465 e. The van der Waals surface area contributed by atoms with Gasteiger partial charge in [-0.1, -0.05) is 0 Å². The lowest BCUT2D eigenvalue weighted by molar-refractivity contribution is 0.205. The fourth-order valence-electron chi connectivity index (χ4n) is 0. The summed E-state index contributed by atoms with van der Waals surface area (Å²) < 4.78 is 0. The van der Waals surface area contributed by atoms with Gasteiger partial charge in [-0.2, -0.15) is 0 Å². The van der Waals surface area contributed by atoms with Crippen molar-refractivity contribution < 1.29 is 9.90 Å². The molecule has 0 atom stereocenters. The monoisotopic (exact) mass is 93.0 g/mol. The quantitative estimate of drug-likeness (QED) is 0.346. The van der Waals surface area contributed by atoms with E-state index in [0.717, 1.165) is 0 Å². The number of hydrogen-bond acceptors (Lipinski definition) is 1. The molecule has 1 amide bonds. The lowest BCUT2D eigenvalue weighted by atomic mass is 11.3. The molecule has 0 rings (SSSR count). The second-order valence-electron chi connectivity index (χ2n) is 0.338. The van der Waals surface area contributed by atoms with Crippen LogP contribution in [-0.4, -0.2) is 22.2 Å². The first kappa shape index (κ1) is 8.82. The number of nitrogens with two attached hydrogens (primary N) is 1. The number of hydrogen-bond donors (Lipinski definition) is 2. The number of carbonyl (C=O) groups is 1. The third kappa shape index (κ3) is 29.3. The molecule has 0 heterocycles. The Morgan fingerprint density at radius 1 is 1.80 bits per heavy atom. The average Bonchev–Trinajstić information content (AvgIpc) is 0.811. The molecular formula is CH7NO2Si. The van der Waals surface area contributed by atoms with Crippen LogP contribution in [0.2, 0.25) is 0 Å². The number of amides is 1. The molecule has 5 heavy (non-hydrogen) atoms. The average molecular weight is 93.2 g/mol. The van der Waals surface area contributed by atoms with Gasteiger partial charge in [-0.25, -0.2) is 4.79 Å². The SMILES string of the molecule is NC(=O)O.[SiH4]. The van der Waals surface area contributed by atoms with Crippen LogP contribution in [0.1, 0.15) is 0 Å². The zero-order valence-corrected chi connectivity index (χ0v) is 1.93. The van der Waals surface area contributed by atoms with Gasteiger partial charge in [0.1, 0.15) is 0 Å². The van der Waals surface area contributed by atoms with Crippen LogP contribution >= 0.6 is 0 Å². The smallest absolute Gasteiger partial charge is 0.402 e. The second kappa shape index (κ2) is 3.49. The van der Waals surface area contributed by atoms with Crippen molar-refractivity contribution in [2.45, 2.75) is 0 Å². The van der Waals surface area contributed by atoms with Gasteiger partial charge in [0.05, 0.1) is 0 Å². The van der Waals surface area contributed by atoms with E-state index in [1.807, 2.05) is 0 Å². The highest BCUT2D eigenvalue weighted by Crippen LogP contribution is 1.34. The van der Waals surface area contributed by atoms with E-state index in [0.29, 0.717) is 0 Å². The Bertz CT molecular complexity index is 32.6. The molecule has 0 aliphatic heterocycles. The van der Waals surface area contributed by atoms with Crippen molar-refractivity contribution >= 4 is 17.1 Å². The Morgan fingerprint density at radius 3 is 1.80 bits per heavy atom. The van der Waals surface area contributed by atoms with Crippen LogP contribution in [0.5, 0.6) is 0 Å². The lowest BCUT2D eigenvalue weighted by Crippen LogP contribution is -2.03. The van der Waals surface area contributed by atoms with Crippen LogP contribution in [0.15, 0.2) is 0 Å². The summed E-state index contributed by atoms with van der Waals surface area (Å²) in [6.45, 7) is 0. The predicted octanol–water partition coefficient (Wildman–Crippen LogP) is -1.83. The van der Waals surface area contributed by atoms with E-state index in [1.54, 1.807) is 0 Å². The van der Waals surface area contributed by atoms with Gasteiger partial charge in [0.25, 0.3) is 0 Å². The van der Waals surface area contributed by atoms with E-state index < -0.39 is 6.09 Å². The van der Waals surface area contributed by atoms with E-state index in [9.17, 15) is 0 Å². The summed E-state index contributed by atoms with van der Waals surface area (Å²) in [7, 11) is 0. The number of primary amides is 1. The zero-order valence-electron chi connectivity index (χ0n) is 1.93. The number of carboxylic acid groups (broad SMARTS) is 1. The van der Waals surface area contributed by atoms with Crippen molar-refractivity contribution in [3.8, 4) is 0 Å². The summed E-state index contributed by atoms with van der Waals surface area (Å²) in [5, 5.41) is 7.19. The molecule has 0 saturated carbocycles. The maximum atomic E-state index is 8.78. The molecule has 0 bridgehead atoms. The standard InChI is InChI=1S/CH3NO2.H4Si/c2-1(3)4;/h2H2,(H,3,4);1H4. The molecule has 3 nitrogen and oxygen atoms in total. The van der Waals surface area contributed by atoms with Crippen LogP contribution in [-0.2, 0) is 0 Å². The third-order valence-corrected chi connectivity index (χ3v) is 0. The largest absolute Gasteiger partial charge is 0.465 e. The molecule has 0 aromatic rings. The van der Waals surface area contributed by atoms with Gasteiger partial charge in [0, 0.05) is 0 Å². The molecule has 0 aromatic carbocycles. The number of rotatable bonds is 0. The van der Waals surface area contributed by atoms with Crippen molar-refractivity contribution in [2.75, 3.05) is 0 Å². The van der Waals surface area contributed by atoms with Gasteiger partial charge in [-0.15, -0.1) is 0 Å². The van der Waals surface area contributed by atoms with Crippen molar-refractivity contribution in [1.82, 2.24) is 0 Å². The van der Waals surface area contributed by atoms with Crippen molar-refractivity contribution in [3.63, 3.8) is 0 Å². The van der Waals surface area contributed by atoms with Crippen LogP contribution in [0, 0.1) is 0 Å². The molecule has 0 saturated heterocycles. The Hall–Kier alpha value is -0.513. The van der Waals surface area contributed by atoms with E-state index in [4.69, 9.17) is 9.90 Å². The Labute approximate surface area is 33.8 Å². The Morgan fingerprint density at radius 2 is 1.80 bits per heavy atom. The maximum absolute atomic E-state index is 8.78. The van der Waals surface area contributed by atoms with Crippen LogP contribution in [0.4, 0.5) is 4.79 Å². The van der Waals surface area contributed by atoms with Gasteiger partial charge in [0.2, 0.25) is 0 Å². The minimum atomic E-state index is -1.33. The van der Waals surface area contributed by atoms with E-state index in [-0.39, 0.29) is 11.0 Å². The first-order valence-corrected chi connectivity index (χ1v) is 0.716. The van der Waals surface area contributed by atoms with Crippen molar-refractivity contribution in [1.29, 1.82) is 0 Å². The molecule has 0 fully saturated rings. The first-order chi connectivity index (χ1) is 1.73. The minimum absolute atomic E-state index is 0. The highest BCUT2D eigenvalue weighted by Gasteiger charge is 1.65. The van der Waals surface area contributed by atoms with Gasteiger partial charge < -0.3 is 10.8 Å². The Balaban J connectivity index is 0. The van der Waals surface area contributed by atoms with Gasteiger partial charge in [0.15, 0.2) is 0 Å². The highest BCUT2D eigenvalue weighted by atomic mass is 28.1. The molecule has 4 heteroatoms. The van der Waals surface area contributed by atoms with Crippen LogP contribution in [0.25, 0.3) is 0 Å². The summed E-state index contributed by atoms with van der Waals surface area (Å²) in [5.74, 6) is 0. The molecule has 0 aliphatic carbocycles. The van der Waals surface area contributed by atoms with E-state index in [1.165, 1.54) is 0 Å². The van der Waals surface area contributed by atoms with E-state index in [2.05, 4.69) is 5.73 Å². The van der Waals surface area contributed by atoms with Crippen LogP contribution in [0.3, 0.4) is 0 Å². The normalized spacial score (nSPS) is 4.80. The van der Waals surface area contributed by atoms with Crippen LogP contribution < -0.4 is 5.73 Å². The predicted molar refractivity (Wildman–Crippen MR) is 23.5 cm³/mol. The summed E-state index contributed by atoms with van der Waals surface area (Å²) in [4.78, 5) is 8.78. The Kier molecular flexibility index (Phi) is 6.15. The first-order valence-electron chi connectivity index (χ1n) is 0.716. The fourth-order valence-corrected chi connectivity index (χ4v) is 0. The molecule has 0 aromatic heterocycles. The molecule has 32 valence electrons. The topological polar surface area (TPSA) is 63.3 Å². The van der Waals surface area contributed by atoms with E-state index >= 15 is 0 Å². The molecule has 0 unspecified atom stereocenters. The maximum Gasteiger partial charge on any atom is 0.402 e. The molecular weight excluding hydrogens is 86.1 g/mol. The molecule has 0 aliphatic rings. The van der Waals surface area contributed by atoms with Gasteiger partial charge in [-0.05, 0) is 11.0 Å². The molecule has 0 radical (unpaired) electrons. The summed E-state index contributed by atoms with van der Waals surface area (Å²) in [6, 6.07) is 0. The third-order valence-electron chi connectivity index (χ3n) is 0. The summed E-state index contributed by atoms with van der Waals surface area (Å²) in [5.41, 5.74) is 4.03. The van der Waals surface area contributed by atoms with Crippen molar-refractivity contribution in [2.24, 2.45) is 5.73 Å². The molecule has 0 spiro atoms. The highest BCUT2D eigenvalue weighted by molar-refractivity contribution is 5.75. The second-order valence-corrected chi connectivity index (χ2v) is 0.338. The van der Waals surface area contributed by atoms with Crippen molar-refractivity contribution in [3.05, 3.63) is 0 Å². The lowest BCUT2D eigenvalue weighted by Gasteiger charge is -1.61. The summed E-state index contributed by atoms with van der Waals surface area (Å²) >= 11 is 0. The summed E-state index contributed by atoms with van der Waals surface area (Å²) in [6.07, 6.45) is -1.33. The fraction of sp³-hybridized carbons (Fsp3) is 0.